The second-order valence-electron chi connectivity index (χ2n) is 8.81. The topological polar surface area (TPSA) is 91.9 Å². The molecule has 0 bridgehead atoms. The molecule has 7 nitrogen and oxygen atoms in total. The first-order chi connectivity index (χ1) is 15.4. The molecule has 0 spiro atoms. The number of hydrogen-bond donors (Lipinski definition) is 3. The maximum absolute atomic E-state index is 9.92. The van der Waals surface area contributed by atoms with E-state index in [2.05, 4.69) is 17.7 Å². The van der Waals surface area contributed by atoms with E-state index < -0.39 is 0 Å². The maximum atomic E-state index is 9.92. The van der Waals surface area contributed by atoms with E-state index in [0.29, 0.717) is 6.04 Å². The van der Waals surface area contributed by atoms with E-state index in [1.165, 1.54) is 0 Å². The Labute approximate surface area is 197 Å². The van der Waals surface area contributed by atoms with Crippen LogP contribution in [-0.4, -0.2) is 50.7 Å². The van der Waals surface area contributed by atoms with Gasteiger partial charge in [0, 0.05) is 17.0 Å². The number of aryl methyl sites for hydroxylation is 1. The van der Waals surface area contributed by atoms with Crippen molar-refractivity contribution in [2.75, 3.05) is 13.7 Å². The molecule has 1 atom stereocenters. The molecule has 0 amide bonds. The Morgan fingerprint density at radius 1 is 1.31 bits per heavy atom. The SMILES string of the molecule is CCC(C)(CO)c1nn2c(-c3ccc(OC)c(SN[C@H]4CC[C@@H](O)CC4)c3)c(C)nc2s1. The van der Waals surface area contributed by atoms with Crippen molar-refractivity contribution >= 4 is 28.2 Å². The fourth-order valence-electron chi connectivity index (χ4n) is 4.00. The number of aliphatic hydroxyl groups excluding tert-OH is 2. The molecule has 2 heterocycles. The Hall–Kier alpha value is -1.65. The number of nitrogens with one attached hydrogen (secondary N) is 1. The van der Waals surface area contributed by atoms with Crippen LogP contribution >= 0.6 is 23.3 Å². The van der Waals surface area contributed by atoms with Crippen LogP contribution in [0.2, 0.25) is 0 Å². The zero-order valence-corrected chi connectivity index (χ0v) is 20.7. The molecule has 174 valence electrons. The summed E-state index contributed by atoms with van der Waals surface area (Å²) in [5.74, 6) is 0.818. The first kappa shape index (κ1) is 23.5. The summed E-state index contributed by atoms with van der Waals surface area (Å²) in [6.45, 7) is 6.17. The summed E-state index contributed by atoms with van der Waals surface area (Å²) < 4.78 is 11.1. The first-order valence-corrected chi connectivity index (χ1v) is 12.8. The van der Waals surface area contributed by atoms with Crippen LogP contribution < -0.4 is 9.46 Å². The Bertz CT molecular complexity index is 1070. The molecule has 1 saturated carbocycles. The van der Waals surface area contributed by atoms with E-state index in [1.54, 1.807) is 30.4 Å². The fourth-order valence-corrected chi connectivity index (χ4v) is 6.12. The summed E-state index contributed by atoms with van der Waals surface area (Å²) >= 11 is 3.12. The summed E-state index contributed by atoms with van der Waals surface area (Å²) in [6, 6.07) is 6.53. The zero-order chi connectivity index (χ0) is 22.9. The largest absolute Gasteiger partial charge is 0.496 e. The number of hydrogen-bond acceptors (Lipinski definition) is 8. The van der Waals surface area contributed by atoms with Crippen molar-refractivity contribution in [3.63, 3.8) is 0 Å². The smallest absolute Gasteiger partial charge is 0.212 e. The average Bonchev–Trinajstić information content (AvgIpc) is 3.35. The van der Waals surface area contributed by atoms with Crippen molar-refractivity contribution in [1.29, 1.82) is 0 Å². The van der Waals surface area contributed by atoms with Gasteiger partial charge in [-0.2, -0.15) is 5.10 Å². The molecule has 1 aliphatic rings. The molecule has 1 fully saturated rings. The molecule has 1 aliphatic carbocycles. The highest BCUT2D eigenvalue weighted by atomic mass is 32.2. The van der Waals surface area contributed by atoms with Crippen LogP contribution in [0, 0.1) is 6.92 Å². The second kappa shape index (κ2) is 9.69. The summed E-state index contributed by atoms with van der Waals surface area (Å²) in [5.41, 5.74) is 2.55. The number of methoxy groups -OCH3 is 1. The number of aromatic nitrogens is 3. The van der Waals surface area contributed by atoms with E-state index in [4.69, 9.17) is 14.8 Å². The molecular weight excluding hydrogens is 444 g/mol. The predicted octanol–water partition coefficient (Wildman–Crippen LogP) is 4.34. The summed E-state index contributed by atoms with van der Waals surface area (Å²) in [6.07, 6.45) is 4.29. The van der Waals surface area contributed by atoms with E-state index >= 15 is 0 Å². The van der Waals surface area contributed by atoms with Gasteiger partial charge in [0.15, 0.2) is 0 Å². The van der Waals surface area contributed by atoms with Crippen LogP contribution in [0.25, 0.3) is 16.2 Å². The Morgan fingerprint density at radius 3 is 2.72 bits per heavy atom. The van der Waals surface area contributed by atoms with Gasteiger partial charge in [-0.1, -0.05) is 25.2 Å². The lowest BCUT2D eigenvalue weighted by atomic mass is 9.90. The molecule has 0 radical (unpaired) electrons. The predicted molar refractivity (Wildman–Crippen MR) is 130 cm³/mol. The number of rotatable bonds is 8. The molecule has 2 aromatic heterocycles. The molecule has 0 aliphatic heterocycles. The highest BCUT2D eigenvalue weighted by Crippen LogP contribution is 2.37. The lowest BCUT2D eigenvalue weighted by Crippen LogP contribution is -2.30. The highest BCUT2D eigenvalue weighted by molar-refractivity contribution is 7.97. The van der Waals surface area contributed by atoms with Crippen LogP contribution in [0.3, 0.4) is 0 Å². The van der Waals surface area contributed by atoms with Gasteiger partial charge in [-0.3, -0.25) is 4.72 Å². The third-order valence-electron chi connectivity index (χ3n) is 6.49. The molecule has 0 saturated heterocycles. The van der Waals surface area contributed by atoms with Gasteiger partial charge in [-0.05, 0) is 69.2 Å². The van der Waals surface area contributed by atoms with E-state index in [-0.39, 0.29) is 18.1 Å². The Kier molecular flexibility index (Phi) is 7.11. The highest BCUT2D eigenvalue weighted by Gasteiger charge is 2.30. The molecule has 1 unspecified atom stereocenters. The molecule has 4 rings (SSSR count). The van der Waals surface area contributed by atoms with Gasteiger partial charge < -0.3 is 14.9 Å². The third kappa shape index (κ3) is 4.54. The van der Waals surface area contributed by atoms with Crippen LogP contribution in [0.15, 0.2) is 23.1 Å². The lowest BCUT2D eigenvalue weighted by molar-refractivity contribution is 0.121. The second-order valence-corrected chi connectivity index (χ2v) is 10.6. The maximum Gasteiger partial charge on any atom is 0.212 e. The van der Waals surface area contributed by atoms with Crippen molar-refractivity contribution in [1.82, 2.24) is 19.3 Å². The monoisotopic (exact) mass is 476 g/mol. The van der Waals surface area contributed by atoms with Gasteiger partial charge in [0.1, 0.15) is 10.8 Å². The minimum absolute atomic E-state index is 0.0572. The van der Waals surface area contributed by atoms with Gasteiger partial charge in [0.2, 0.25) is 4.96 Å². The van der Waals surface area contributed by atoms with E-state index in [0.717, 1.165) is 69.7 Å². The first-order valence-electron chi connectivity index (χ1n) is 11.1. The minimum Gasteiger partial charge on any atom is -0.496 e. The zero-order valence-electron chi connectivity index (χ0n) is 19.1. The van der Waals surface area contributed by atoms with Crippen molar-refractivity contribution in [2.45, 2.75) is 75.3 Å². The van der Waals surface area contributed by atoms with Crippen LogP contribution in [0.1, 0.15) is 56.7 Å². The Morgan fingerprint density at radius 2 is 2.06 bits per heavy atom. The number of aliphatic hydroxyl groups is 2. The third-order valence-corrected chi connectivity index (χ3v) is 8.70. The van der Waals surface area contributed by atoms with Gasteiger partial charge in [0.25, 0.3) is 0 Å². The molecule has 9 heteroatoms. The number of fused-ring (bicyclic) bond motifs is 1. The van der Waals surface area contributed by atoms with E-state index in [9.17, 15) is 10.2 Å². The molecule has 3 aromatic rings. The van der Waals surface area contributed by atoms with Crippen LogP contribution in [-0.2, 0) is 5.41 Å². The van der Waals surface area contributed by atoms with Crippen molar-refractivity contribution in [3.05, 3.63) is 28.9 Å². The van der Waals surface area contributed by atoms with Crippen LogP contribution in [0.4, 0.5) is 0 Å². The van der Waals surface area contributed by atoms with E-state index in [1.807, 2.05) is 30.5 Å². The number of imidazole rings is 1. The van der Waals surface area contributed by atoms with Gasteiger partial charge in [-0.15, -0.1) is 0 Å². The number of benzene rings is 1. The molecule has 3 N–H and O–H groups in total. The summed E-state index contributed by atoms with van der Waals surface area (Å²) in [4.78, 5) is 6.60. The van der Waals surface area contributed by atoms with Crippen molar-refractivity contribution in [2.24, 2.45) is 0 Å². The van der Waals surface area contributed by atoms with Gasteiger partial charge >= 0.3 is 0 Å². The molecule has 1 aromatic carbocycles. The summed E-state index contributed by atoms with van der Waals surface area (Å²) in [5, 5.41) is 25.4. The fraction of sp³-hybridized carbons (Fsp3) is 0.565. The molecular formula is C23H32N4O3S2. The quantitative estimate of drug-likeness (QED) is 0.417. The van der Waals surface area contributed by atoms with Crippen LogP contribution in [0.5, 0.6) is 5.75 Å². The average molecular weight is 477 g/mol. The molecule has 32 heavy (non-hydrogen) atoms. The normalized spacial score (nSPS) is 21.1. The minimum atomic E-state index is -0.366. The van der Waals surface area contributed by atoms with Crippen molar-refractivity contribution in [3.8, 4) is 17.0 Å². The van der Waals surface area contributed by atoms with Crippen molar-refractivity contribution < 1.29 is 14.9 Å². The number of ether oxygens (including phenoxy) is 1. The number of nitrogens with zero attached hydrogens (tertiary/aromatic N) is 3. The standard InChI is InChI=1S/C23H32N4O3S2/c1-5-23(3,13-28)21-25-27-20(14(2)24-22(27)31-21)15-6-11-18(30-4)19(12-15)32-26-16-7-9-17(29)10-8-16/h6,11-12,16-17,26,28-29H,5,7-10,13H2,1-4H3/t16-,17+,23?. The van der Waals surface area contributed by atoms with Gasteiger partial charge in [-0.25, -0.2) is 9.50 Å². The summed E-state index contributed by atoms with van der Waals surface area (Å²) in [7, 11) is 1.69. The lowest BCUT2D eigenvalue weighted by Gasteiger charge is -2.26. The Balaban J connectivity index is 1.65. The van der Waals surface area contributed by atoms with Gasteiger partial charge in [0.05, 0.1) is 36.1 Å².